The van der Waals surface area contributed by atoms with Crippen molar-refractivity contribution >= 4 is 5.97 Å². The molecular weight excluding hydrogens is 381 g/mol. The van der Waals surface area contributed by atoms with Gasteiger partial charge in [-0.05, 0) is 24.1 Å². The fraction of sp³-hybridized carbons (Fsp3) is 0.227. The molecule has 0 saturated heterocycles. The van der Waals surface area contributed by atoms with Crippen molar-refractivity contribution in [2.24, 2.45) is 5.41 Å². The zero-order valence-electron chi connectivity index (χ0n) is 15.4. The summed E-state index contributed by atoms with van der Waals surface area (Å²) in [6.45, 7) is 1.72. The topological polar surface area (TPSA) is 63.1 Å². The first-order valence-electron chi connectivity index (χ1n) is 9.02. The lowest BCUT2D eigenvalue weighted by molar-refractivity contribution is -0.143. The van der Waals surface area contributed by atoms with Gasteiger partial charge in [-0.15, -0.1) is 0 Å². The zero-order valence-corrected chi connectivity index (χ0v) is 15.4. The molecule has 1 heterocycles. The van der Waals surface area contributed by atoms with E-state index in [9.17, 15) is 23.1 Å². The maximum Gasteiger partial charge on any atom is 0.433 e. The van der Waals surface area contributed by atoms with Gasteiger partial charge in [0.15, 0.2) is 5.82 Å². The van der Waals surface area contributed by atoms with Gasteiger partial charge in [-0.2, -0.15) is 13.2 Å². The molecule has 4 rings (SSSR count). The molecule has 0 radical (unpaired) electrons. The lowest BCUT2D eigenvalue weighted by Crippen LogP contribution is -2.14. The van der Waals surface area contributed by atoms with Gasteiger partial charge < -0.3 is 5.11 Å². The van der Waals surface area contributed by atoms with Crippen molar-refractivity contribution in [3.05, 3.63) is 83.7 Å². The second-order valence-electron chi connectivity index (χ2n) is 7.34. The Bertz CT molecular complexity index is 1050. The van der Waals surface area contributed by atoms with Crippen LogP contribution in [0.4, 0.5) is 13.2 Å². The van der Waals surface area contributed by atoms with Crippen LogP contribution in [-0.2, 0) is 11.0 Å². The summed E-state index contributed by atoms with van der Waals surface area (Å²) in [6, 6.07) is 17.0. The number of carboxylic acid groups (broad SMARTS) is 1. The molecule has 0 unspecified atom stereocenters. The molecule has 3 atom stereocenters. The third-order valence-corrected chi connectivity index (χ3v) is 5.61. The number of alkyl halides is 3. The molecule has 1 fully saturated rings. The summed E-state index contributed by atoms with van der Waals surface area (Å²) in [5.74, 6) is -1.29. The third kappa shape index (κ3) is 3.26. The highest BCUT2D eigenvalue weighted by atomic mass is 19.4. The van der Waals surface area contributed by atoms with E-state index < -0.39 is 23.3 Å². The van der Waals surface area contributed by atoms with Gasteiger partial charge in [0.25, 0.3) is 0 Å². The maximum atomic E-state index is 12.9. The largest absolute Gasteiger partial charge is 0.481 e. The maximum absolute atomic E-state index is 12.9. The van der Waals surface area contributed by atoms with Crippen LogP contribution < -0.4 is 0 Å². The first-order chi connectivity index (χ1) is 13.7. The summed E-state index contributed by atoms with van der Waals surface area (Å²) < 4.78 is 38.6. The Hall–Kier alpha value is -3.22. The molecule has 1 saturated carbocycles. The Balaban J connectivity index is 1.65. The van der Waals surface area contributed by atoms with E-state index in [-0.39, 0.29) is 17.7 Å². The molecule has 0 spiro atoms. The minimum atomic E-state index is -4.54. The summed E-state index contributed by atoms with van der Waals surface area (Å²) in [5, 5.41) is 9.79. The fourth-order valence-corrected chi connectivity index (χ4v) is 4.01. The number of benzene rings is 2. The van der Waals surface area contributed by atoms with Crippen molar-refractivity contribution in [2.45, 2.75) is 24.9 Å². The van der Waals surface area contributed by atoms with E-state index in [1.807, 2.05) is 30.3 Å². The van der Waals surface area contributed by atoms with Crippen molar-refractivity contribution in [1.29, 1.82) is 0 Å². The van der Waals surface area contributed by atoms with Crippen LogP contribution >= 0.6 is 0 Å². The van der Waals surface area contributed by atoms with Crippen LogP contribution in [0, 0.1) is 5.41 Å². The number of carbonyl (C=O) groups is 1. The van der Waals surface area contributed by atoms with E-state index in [2.05, 4.69) is 9.97 Å². The van der Waals surface area contributed by atoms with Crippen molar-refractivity contribution in [2.75, 3.05) is 0 Å². The smallest absolute Gasteiger partial charge is 0.433 e. The lowest BCUT2D eigenvalue weighted by Gasteiger charge is -2.08. The van der Waals surface area contributed by atoms with Gasteiger partial charge in [0.2, 0.25) is 0 Å². The Labute approximate surface area is 165 Å². The van der Waals surface area contributed by atoms with Crippen LogP contribution in [-0.4, -0.2) is 21.0 Å². The summed E-state index contributed by atoms with van der Waals surface area (Å²) in [7, 11) is 0. The van der Waals surface area contributed by atoms with Crippen molar-refractivity contribution in [1.82, 2.24) is 9.97 Å². The summed E-state index contributed by atoms with van der Waals surface area (Å²) in [6.07, 6.45) is -3.47. The Morgan fingerprint density at radius 1 is 0.966 bits per heavy atom. The van der Waals surface area contributed by atoms with Crippen molar-refractivity contribution < 1.29 is 23.1 Å². The molecule has 1 aromatic heterocycles. The number of nitrogens with zero attached hydrogens (tertiary/aromatic N) is 2. The number of hydrogen-bond donors (Lipinski definition) is 1. The van der Waals surface area contributed by atoms with E-state index >= 15 is 0 Å². The number of carboxylic acids is 1. The summed E-state index contributed by atoms with van der Waals surface area (Å²) >= 11 is 0. The Kier molecular flexibility index (Phi) is 4.41. The Morgan fingerprint density at radius 3 is 2.10 bits per heavy atom. The predicted molar refractivity (Wildman–Crippen MR) is 100 cm³/mol. The number of aliphatic carboxylic acids is 1. The van der Waals surface area contributed by atoms with Crippen LogP contribution in [0.1, 0.15) is 35.6 Å². The molecule has 4 nitrogen and oxygen atoms in total. The quantitative estimate of drug-likeness (QED) is 0.661. The standard InChI is InChI=1S/C22H17F3N2O2/c1-21(20(28)29)17(13-5-3-2-4-6-13)18(21)14-7-9-15(10-8-14)19-26-12-11-16(27-19)22(23,24)25/h2-12,17-18H,1H3,(H,28,29)/t17-,18-,21+/m0/s1. The molecule has 7 heteroatoms. The molecule has 29 heavy (non-hydrogen) atoms. The molecule has 0 aliphatic heterocycles. The lowest BCUT2D eigenvalue weighted by atomic mass is 10.00. The van der Waals surface area contributed by atoms with E-state index in [4.69, 9.17) is 0 Å². The minimum absolute atomic E-state index is 0.0252. The van der Waals surface area contributed by atoms with E-state index in [0.29, 0.717) is 5.56 Å². The highest BCUT2D eigenvalue weighted by Crippen LogP contribution is 2.70. The molecule has 1 aliphatic carbocycles. The molecule has 3 aromatic rings. The molecule has 1 N–H and O–H groups in total. The third-order valence-electron chi connectivity index (χ3n) is 5.61. The average Bonchev–Trinajstić information content (AvgIpc) is 3.35. The van der Waals surface area contributed by atoms with Gasteiger partial charge in [-0.3, -0.25) is 4.79 Å². The molecule has 148 valence electrons. The van der Waals surface area contributed by atoms with Gasteiger partial charge in [-0.1, -0.05) is 54.6 Å². The SMILES string of the molecule is C[C@@]1(C(=O)O)[C@@H](c2ccccc2)[C@@H]1c1ccc(-c2nccc(C(F)(F)F)n2)cc1. The van der Waals surface area contributed by atoms with E-state index in [1.54, 1.807) is 31.2 Å². The summed E-state index contributed by atoms with van der Waals surface area (Å²) in [5.41, 5.74) is 0.271. The average molecular weight is 398 g/mol. The van der Waals surface area contributed by atoms with Gasteiger partial charge >= 0.3 is 12.1 Å². The van der Waals surface area contributed by atoms with Gasteiger partial charge in [0, 0.05) is 23.6 Å². The normalized spacial score (nSPS) is 23.6. The fourth-order valence-electron chi connectivity index (χ4n) is 4.01. The molecule has 0 amide bonds. The van der Waals surface area contributed by atoms with Crippen LogP contribution in [0.25, 0.3) is 11.4 Å². The number of halogens is 3. The monoisotopic (exact) mass is 398 g/mol. The van der Waals surface area contributed by atoms with Crippen LogP contribution in [0.2, 0.25) is 0 Å². The second kappa shape index (κ2) is 6.69. The molecule has 1 aliphatic rings. The van der Waals surface area contributed by atoms with Crippen LogP contribution in [0.15, 0.2) is 66.9 Å². The molecular formula is C22H17F3N2O2. The van der Waals surface area contributed by atoms with Crippen molar-refractivity contribution in [3.8, 4) is 11.4 Å². The molecule has 2 aromatic carbocycles. The van der Waals surface area contributed by atoms with Gasteiger partial charge in [0.1, 0.15) is 5.69 Å². The summed E-state index contributed by atoms with van der Waals surface area (Å²) in [4.78, 5) is 19.5. The first kappa shape index (κ1) is 19.1. The highest BCUT2D eigenvalue weighted by Gasteiger charge is 2.67. The molecule has 0 bridgehead atoms. The van der Waals surface area contributed by atoms with E-state index in [1.165, 1.54) is 0 Å². The van der Waals surface area contributed by atoms with Gasteiger partial charge in [0.05, 0.1) is 5.41 Å². The van der Waals surface area contributed by atoms with Crippen LogP contribution in [0.5, 0.6) is 0 Å². The number of aromatic nitrogens is 2. The first-order valence-corrected chi connectivity index (χ1v) is 9.02. The van der Waals surface area contributed by atoms with Crippen LogP contribution in [0.3, 0.4) is 0 Å². The van der Waals surface area contributed by atoms with Crippen molar-refractivity contribution in [3.63, 3.8) is 0 Å². The minimum Gasteiger partial charge on any atom is -0.481 e. The predicted octanol–water partition coefficient (Wildman–Crippen LogP) is 5.13. The van der Waals surface area contributed by atoms with E-state index in [0.717, 1.165) is 23.4 Å². The second-order valence-corrected chi connectivity index (χ2v) is 7.34. The number of hydrogen-bond acceptors (Lipinski definition) is 3. The van der Waals surface area contributed by atoms with Gasteiger partial charge in [-0.25, -0.2) is 9.97 Å². The highest BCUT2D eigenvalue weighted by molar-refractivity contribution is 5.83. The zero-order chi connectivity index (χ0) is 20.8. The number of rotatable bonds is 4. The Morgan fingerprint density at radius 2 is 1.55 bits per heavy atom.